The van der Waals surface area contributed by atoms with Gasteiger partial charge in [0.15, 0.2) is 0 Å². The molecule has 0 aromatic carbocycles. The van der Waals surface area contributed by atoms with E-state index in [0.717, 1.165) is 6.42 Å². The summed E-state index contributed by atoms with van der Waals surface area (Å²) in [6.45, 7) is 6.51. The first-order chi connectivity index (χ1) is 5.77. The number of allylic oxidation sites excluding steroid dienone is 2. The molecule has 0 atom stereocenters. The van der Waals surface area contributed by atoms with Crippen molar-refractivity contribution in [1.29, 1.82) is 0 Å². The van der Waals surface area contributed by atoms with Crippen LogP contribution in [0.2, 0.25) is 24.7 Å². The summed E-state index contributed by atoms with van der Waals surface area (Å²) >= 11 is 0. The van der Waals surface area contributed by atoms with Crippen molar-refractivity contribution in [3.63, 3.8) is 0 Å². The van der Waals surface area contributed by atoms with Gasteiger partial charge >= 0.3 is 0 Å². The normalized spacial score (nSPS) is 22.2. The van der Waals surface area contributed by atoms with Crippen molar-refractivity contribution in [2.24, 2.45) is 0 Å². The van der Waals surface area contributed by atoms with Crippen molar-refractivity contribution >= 4 is 8.07 Å². The van der Waals surface area contributed by atoms with Crippen LogP contribution >= 0.6 is 0 Å². The van der Waals surface area contributed by atoms with Crippen LogP contribution in [0.5, 0.6) is 0 Å². The van der Waals surface area contributed by atoms with Gasteiger partial charge in [0.1, 0.15) is 0 Å². The highest BCUT2D eigenvalue weighted by molar-refractivity contribution is 6.78. The zero-order valence-corrected chi connectivity index (χ0v) is 9.31. The predicted molar refractivity (Wildman–Crippen MR) is 59.0 cm³/mol. The van der Waals surface area contributed by atoms with Crippen LogP contribution in [0.3, 0.4) is 0 Å². The molecular formula is C11H21Si. The fourth-order valence-electron chi connectivity index (χ4n) is 2.03. The minimum Gasteiger partial charge on any atom is -0.0888 e. The second-order valence-corrected chi connectivity index (χ2v) is 9.44. The van der Waals surface area contributed by atoms with Gasteiger partial charge in [0, 0.05) is 0 Å². The van der Waals surface area contributed by atoms with E-state index >= 15 is 0 Å². The molecule has 12 heavy (non-hydrogen) atoms. The summed E-state index contributed by atoms with van der Waals surface area (Å²) in [6.07, 6.45) is 9.95. The van der Waals surface area contributed by atoms with Crippen molar-refractivity contribution in [3.8, 4) is 0 Å². The minimum absolute atomic E-state index is 0.810. The highest BCUT2D eigenvalue weighted by Crippen LogP contribution is 2.29. The zero-order valence-electron chi connectivity index (χ0n) is 8.31. The minimum atomic E-state index is -0.810. The molecule has 0 aliphatic carbocycles. The van der Waals surface area contributed by atoms with Gasteiger partial charge in [-0.2, -0.15) is 0 Å². The Balaban J connectivity index is 2.35. The lowest BCUT2D eigenvalue weighted by molar-refractivity contribution is 0.908. The van der Waals surface area contributed by atoms with Crippen LogP contribution in [-0.2, 0) is 0 Å². The van der Waals surface area contributed by atoms with Crippen molar-refractivity contribution < 1.29 is 0 Å². The summed E-state index contributed by atoms with van der Waals surface area (Å²) in [5.41, 5.74) is 0. The molecule has 0 aromatic heterocycles. The molecule has 0 saturated carbocycles. The van der Waals surface area contributed by atoms with Gasteiger partial charge in [-0.15, -0.1) is 0 Å². The Hall–Kier alpha value is -0.0431. The first-order valence-electron chi connectivity index (χ1n) is 5.21. The van der Waals surface area contributed by atoms with E-state index in [1.165, 1.54) is 37.4 Å². The van der Waals surface area contributed by atoms with Gasteiger partial charge < -0.3 is 0 Å². The third-order valence-electron chi connectivity index (χ3n) is 3.03. The summed E-state index contributed by atoms with van der Waals surface area (Å²) in [7, 11) is -0.810. The predicted octanol–water partition coefficient (Wildman–Crippen LogP) is 4.03. The molecular weight excluding hydrogens is 160 g/mol. The van der Waals surface area contributed by atoms with Crippen LogP contribution < -0.4 is 0 Å². The molecule has 1 heteroatoms. The van der Waals surface area contributed by atoms with Gasteiger partial charge in [-0.25, -0.2) is 0 Å². The van der Waals surface area contributed by atoms with Gasteiger partial charge in [-0.05, 0) is 12.8 Å². The van der Waals surface area contributed by atoms with E-state index < -0.39 is 8.07 Å². The smallest absolute Gasteiger partial charge is 0.0510 e. The van der Waals surface area contributed by atoms with E-state index in [2.05, 4.69) is 25.6 Å². The molecule has 0 N–H and O–H groups in total. The molecule has 1 rings (SSSR count). The summed E-state index contributed by atoms with van der Waals surface area (Å²) in [5, 5.41) is 0. The molecule has 0 bridgehead atoms. The SMILES string of the molecule is [CH2]CCC[Si]1(C)CCC=CCC1. The Labute approximate surface area is 78.1 Å². The second-order valence-electron chi connectivity index (χ2n) is 4.32. The molecule has 0 fully saturated rings. The molecule has 1 aliphatic heterocycles. The summed E-state index contributed by atoms with van der Waals surface area (Å²) in [6, 6.07) is 4.55. The van der Waals surface area contributed by atoms with Crippen LogP contribution in [0.15, 0.2) is 12.2 Å². The third-order valence-corrected chi connectivity index (χ3v) is 7.58. The Morgan fingerprint density at radius 3 is 2.33 bits per heavy atom. The van der Waals surface area contributed by atoms with Gasteiger partial charge in [-0.3, -0.25) is 0 Å². The van der Waals surface area contributed by atoms with Crippen LogP contribution in [0, 0.1) is 6.92 Å². The molecule has 0 unspecified atom stereocenters. The van der Waals surface area contributed by atoms with E-state index in [4.69, 9.17) is 0 Å². The van der Waals surface area contributed by atoms with Gasteiger partial charge in [0.25, 0.3) is 0 Å². The molecule has 0 spiro atoms. The molecule has 1 heterocycles. The lowest BCUT2D eigenvalue weighted by Crippen LogP contribution is -2.28. The fraction of sp³-hybridized carbons (Fsp3) is 0.727. The van der Waals surface area contributed by atoms with Crippen LogP contribution in [-0.4, -0.2) is 8.07 Å². The molecule has 0 saturated heterocycles. The van der Waals surface area contributed by atoms with E-state index in [9.17, 15) is 0 Å². The highest BCUT2D eigenvalue weighted by Gasteiger charge is 2.25. The fourth-order valence-corrected chi connectivity index (χ4v) is 5.61. The Kier molecular flexibility index (Phi) is 4.06. The maximum absolute atomic E-state index is 3.93. The first kappa shape index (κ1) is 10.0. The average molecular weight is 181 g/mol. The van der Waals surface area contributed by atoms with Gasteiger partial charge in [0.2, 0.25) is 0 Å². The monoisotopic (exact) mass is 181 g/mol. The third kappa shape index (κ3) is 3.14. The van der Waals surface area contributed by atoms with Crippen molar-refractivity contribution in [2.45, 2.75) is 50.4 Å². The quantitative estimate of drug-likeness (QED) is 0.455. The van der Waals surface area contributed by atoms with Gasteiger partial charge in [0.05, 0.1) is 8.07 Å². The van der Waals surface area contributed by atoms with Crippen molar-refractivity contribution in [2.75, 3.05) is 0 Å². The Morgan fingerprint density at radius 1 is 1.25 bits per heavy atom. The maximum atomic E-state index is 3.93. The largest absolute Gasteiger partial charge is 0.0888 e. The summed E-state index contributed by atoms with van der Waals surface area (Å²) in [5.74, 6) is 0. The maximum Gasteiger partial charge on any atom is 0.0510 e. The van der Waals surface area contributed by atoms with Crippen molar-refractivity contribution in [1.82, 2.24) is 0 Å². The Morgan fingerprint density at radius 2 is 1.83 bits per heavy atom. The Bertz CT molecular complexity index is 139. The van der Waals surface area contributed by atoms with E-state index in [0.29, 0.717) is 0 Å². The number of rotatable bonds is 3. The first-order valence-corrected chi connectivity index (χ1v) is 8.33. The number of hydrogen-bond donors (Lipinski definition) is 0. The topological polar surface area (TPSA) is 0 Å². The van der Waals surface area contributed by atoms with E-state index in [-0.39, 0.29) is 0 Å². The zero-order chi connectivity index (χ0) is 8.86. The molecule has 0 nitrogen and oxygen atoms in total. The number of unbranched alkanes of at least 4 members (excludes halogenated alkanes) is 1. The molecule has 1 aliphatic rings. The molecule has 69 valence electrons. The summed E-state index contributed by atoms with van der Waals surface area (Å²) < 4.78 is 0. The van der Waals surface area contributed by atoms with E-state index in [1.807, 2.05) is 0 Å². The van der Waals surface area contributed by atoms with Crippen molar-refractivity contribution in [3.05, 3.63) is 19.1 Å². The lowest BCUT2D eigenvalue weighted by Gasteiger charge is -2.25. The van der Waals surface area contributed by atoms with Crippen LogP contribution in [0.25, 0.3) is 0 Å². The summed E-state index contributed by atoms with van der Waals surface area (Å²) in [4.78, 5) is 0. The van der Waals surface area contributed by atoms with Gasteiger partial charge in [-0.1, -0.05) is 56.6 Å². The molecule has 0 amide bonds. The highest BCUT2D eigenvalue weighted by atomic mass is 28.3. The number of hydrogen-bond acceptors (Lipinski definition) is 0. The molecule has 0 aromatic rings. The van der Waals surface area contributed by atoms with Crippen LogP contribution in [0.4, 0.5) is 0 Å². The second kappa shape index (κ2) is 4.86. The van der Waals surface area contributed by atoms with Crippen LogP contribution in [0.1, 0.15) is 25.7 Å². The average Bonchev–Trinajstić information content (AvgIpc) is 2.27. The molecule has 1 radical (unpaired) electrons. The lowest BCUT2D eigenvalue weighted by atomic mass is 10.4. The van der Waals surface area contributed by atoms with E-state index in [1.54, 1.807) is 0 Å². The standard InChI is InChI=1S/C11H21Si/c1-3-4-9-12(2)10-7-5-6-8-11-12/h5-6H,1,3-4,7-11H2,2H3.